The van der Waals surface area contributed by atoms with Crippen LogP contribution in [-0.4, -0.2) is 0 Å². The first-order valence-electron chi connectivity index (χ1n) is 6.14. The molecule has 78 valence electrons. The standard InChI is InChI=1S/C13H26/c1-4-5-6-10-13(2,3)11-9-12-7-8-12/h12H,4-11H2,1-3H3. The number of unbranched alkanes of at least 4 members (excludes halogenated alkanes) is 2. The Kier molecular flexibility index (Phi) is 4.28. The smallest absolute Gasteiger partial charge is 0.0354 e. The quantitative estimate of drug-likeness (QED) is 0.497. The van der Waals surface area contributed by atoms with Gasteiger partial charge < -0.3 is 0 Å². The van der Waals surface area contributed by atoms with Gasteiger partial charge in [-0.25, -0.2) is 0 Å². The average molecular weight is 182 g/mol. The topological polar surface area (TPSA) is 0 Å². The molecule has 0 nitrogen and oxygen atoms in total. The molecule has 0 spiro atoms. The van der Waals surface area contributed by atoms with E-state index in [2.05, 4.69) is 20.8 Å². The zero-order valence-corrected chi connectivity index (χ0v) is 9.73. The van der Waals surface area contributed by atoms with Crippen molar-refractivity contribution < 1.29 is 0 Å². The minimum Gasteiger partial charge on any atom is -0.0654 e. The van der Waals surface area contributed by atoms with E-state index in [-0.39, 0.29) is 0 Å². The maximum Gasteiger partial charge on any atom is -0.0354 e. The Labute approximate surface area is 84.1 Å². The third-order valence-corrected chi connectivity index (χ3v) is 3.38. The molecule has 1 saturated carbocycles. The first kappa shape index (κ1) is 11.1. The molecule has 0 aromatic rings. The van der Waals surface area contributed by atoms with Crippen LogP contribution in [0.25, 0.3) is 0 Å². The third kappa shape index (κ3) is 5.33. The van der Waals surface area contributed by atoms with Crippen molar-refractivity contribution in [3.63, 3.8) is 0 Å². The minimum atomic E-state index is 0.623. The van der Waals surface area contributed by atoms with Crippen LogP contribution in [0.5, 0.6) is 0 Å². The summed E-state index contributed by atoms with van der Waals surface area (Å²) in [5.74, 6) is 1.12. The van der Waals surface area contributed by atoms with Crippen molar-refractivity contribution in [3.8, 4) is 0 Å². The van der Waals surface area contributed by atoms with Gasteiger partial charge in [-0.3, -0.25) is 0 Å². The number of rotatable bonds is 7. The lowest BCUT2D eigenvalue weighted by Gasteiger charge is -2.24. The molecule has 0 atom stereocenters. The maximum absolute atomic E-state index is 2.45. The van der Waals surface area contributed by atoms with Crippen molar-refractivity contribution in [2.45, 2.75) is 72.1 Å². The predicted octanol–water partition coefficient (Wildman–Crippen LogP) is 4.78. The van der Waals surface area contributed by atoms with Gasteiger partial charge in [0.15, 0.2) is 0 Å². The molecule has 13 heavy (non-hydrogen) atoms. The molecule has 1 fully saturated rings. The van der Waals surface area contributed by atoms with E-state index in [0.29, 0.717) is 5.41 Å². The Bertz CT molecular complexity index is 131. The molecule has 1 aliphatic carbocycles. The van der Waals surface area contributed by atoms with Crippen LogP contribution in [0.2, 0.25) is 0 Å². The highest BCUT2D eigenvalue weighted by molar-refractivity contribution is 4.77. The van der Waals surface area contributed by atoms with Crippen LogP contribution >= 0.6 is 0 Å². The molecule has 0 radical (unpaired) electrons. The van der Waals surface area contributed by atoms with Crippen LogP contribution in [0.4, 0.5) is 0 Å². The Morgan fingerprint density at radius 3 is 2.31 bits per heavy atom. The summed E-state index contributed by atoms with van der Waals surface area (Å²) in [5.41, 5.74) is 0.623. The lowest BCUT2D eigenvalue weighted by Crippen LogP contribution is -2.11. The highest BCUT2D eigenvalue weighted by Crippen LogP contribution is 2.39. The second kappa shape index (κ2) is 5.02. The molecule has 0 N–H and O–H groups in total. The van der Waals surface area contributed by atoms with E-state index in [9.17, 15) is 0 Å². The maximum atomic E-state index is 2.45. The summed E-state index contributed by atoms with van der Waals surface area (Å²) < 4.78 is 0. The normalized spacial score (nSPS) is 17.8. The van der Waals surface area contributed by atoms with Crippen LogP contribution in [0, 0.1) is 11.3 Å². The summed E-state index contributed by atoms with van der Waals surface area (Å²) in [7, 11) is 0. The van der Waals surface area contributed by atoms with Crippen LogP contribution in [0.1, 0.15) is 72.1 Å². The highest BCUT2D eigenvalue weighted by Gasteiger charge is 2.25. The Morgan fingerprint density at radius 1 is 1.08 bits per heavy atom. The summed E-state index contributed by atoms with van der Waals surface area (Å²) in [6.07, 6.45) is 11.7. The molecular formula is C13H26. The molecule has 0 aliphatic heterocycles. The minimum absolute atomic E-state index is 0.623. The van der Waals surface area contributed by atoms with E-state index in [1.807, 2.05) is 0 Å². The zero-order valence-electron chi connectivity index (χ0n) is 9.73. The molecule has 0 saturated heterocycles. The summed E-state index contributed by atoms with van der Waals surface area (Å²) in [5, 5.41) is 0. The molecule has 0 aromatic heterocycles. The lowest BCUT2D eigenvalue weighted by atomic mass is 9.82. The van der Waals surface area contributed by atoms with Gasteiger partial charge in [0.05, 0.1) is 0 Å². The molecule has 0 aromatic carbocycles. The van der Waals surface area contributed by atoms with Crippen LogP contribution < -0.4 is 0 Å². The number of hydrogen-bond acceptors (Lipinski definition) is 0. The van der Waals surface area contributed by atoms with E-state index in [1.165, 1.54) is 51.4 Å². The van der Waals surface area contributed by atoms with Crippen molar-refractivity contribution in [2.24, 2.45) is 11.3 Å². The van der Waals surface area contributed by atoms with Crippen molar-refractivity contribution in [2.75, 3.05) is 0 Å². The molecule has 0 amide bonds. The Hall–Kier alpha value is 0. The van der Waals surface area contributed by atoms with Crippen LogP contribution in [0.15, 0.2) is 0 Å². The van der Waals surface area contributed by atoms with E-state index in [4.69, 9.17) is 0 Å². The van der Waals surface area contributed by atoms with E-state index in [0.717, 1.165) is 5.92 Å². The van der Waals surface area contributed by atoms with Gasteiger partial charge in [0.2, 0.25) is 0 Å². The molecule has 0 heteroatoms. The van der Waals surface area contributed by atoms with Crippen molar-refractivity contribution in [1.29, 1.82) is 0 Å². The highest BCUT2D eigenvalue weighted by atomic mass is 14.3. The summed E-state index contributed by atoms with van der Waals surface area (Å²) in [4.78, 5) is 0. The zero-order chi connectivity index (χ0) is 9.73. The first-order valence-corrected chi connectivity index (χ1v) is 6.14. The predicted molar refractivity (Wildman–Crippen MR) is 59.9 cm³/mol. The summed E-state index contributed by atoms with van der Waals surface area (Å²) in [6, 6.07) is 0. The van der Waals surface area contributed by atoms with Crippen LogP contribution in [-0.2, 0) is 0 Å². The first-order chi connectivity index (χ1) is 6.14. The van der Waals surface area contributed by atoms with Crippen LogP contribution in [0.3, 0.4) is 0 Å². The molecular weight excluding hydrogens is 156 g/mol. The molecule has 0 unspecified atom stereocenters. The summed E-state index contributed by atoms with van der Waals surface area (Å²) in [6.45, 7) is 7.19. The van der Waals surface area contributed by atoms with Gasteiger partial charge in [-0.1, -0.05) is 52.9 Å². The number of hydrogen-bond donors (Lipinski definition) is 0. The SMILES string of the molecule is CCCCCC(C)(C)CCC1CC1. The summed E-state index contributed by atoms with van der Waals surface area (Å²) >= 11 is 0. The average Bonchev–Trinajstić information content (AvgIpc) is 2.84. The fourth-order valence-corrected chi connectivity index (χ4v) is 1.98. The van der Waals surface area contributed by atoms with Gasteiger partial charge in [-0.2, -0.15) is 0 Å². The molecule has 1 rings (SSSR count). The Morgan fingerprint density at radius 2 is 1.77 bits per heavy atom. The molecule has 0 bridgehead atoms. The van der Waals surface area contributed by atoms with Gasteiger partial charge in [-0.05, 0) is 30.6 Å². The van der Waals surface area contributed by atoms with E-state index < -0.39 is 0 Å². The molecule has 0 heterocycles. The van der Waals surface area contributed by atoms with E-state index >= 15 is 0 Å². The fraction of sp³-hybridized carbons (Fsp3) is 1.00. The van der Waals surface area contributed by atoms with Crippen molar-refractivity contribution >= 4 is 0 Å². The largest absolute Gasteiger partial charge is 0.0654 e. The molecule has 1 aliphatic rings. The second-order valence-electron chi connectivity index (χ2n) is 5.60. The third-order valence-electron chi connectivity index (χ3n) is 3.38. The van der Waals surface area contributed by atoms with Gasteiger partial charge in [0, 0.05) is 0 Å². The fourth-order valence-electron chi connectivity index (χ4n) is 1.98. The van der Waals surface area contributed by atoms with Gasteiger partial charge in [0.25, 0.3) is 0 Å². The van der Waals surface area contributed by atoms with Gasteiger partial charge in [-0.15, -0.1) is 0 Å². The van der Waals surface area contributed by atoms with Crippen molar-refractivity contribution in [1.82, 2.24) is 0 Å². The Balaban J connectivity index is 2.03. The van der Waals surface area contributed by atoms with Gasteiger partial charge in [0.1, 0.15) is 0 Å². The van der Waals surface area contributed by atoms with Crippen molar-refractivity contribution in [3.05, 3.63) is 0 Å². The van der Waals surface area contributed by atoms with Gasteiger partial charge >= 0.3 is 0 Å². The van der Waals surface area contributed by atoms with E-state index in [1.54, 1.807) is 0 Å². The monoisotopic (exact) mass is 182 g/mol. The second-order valence-corrected chi connectivity index (χ2v) is 5.60. The lowest BCUT2D eigenvalue weighted by molar-refractivity contribution is 0.281.